The molecule has 1 aromatic carbocycles. The fourth-order valence-electron chi connectivity index (χ4n) is 2.60. The molecule has 0 aromatic heterocycles. The van der Waals surface area contributed by atoms with Crippen molar-refractivity contribution in [2.45, 2.75) is 32.8 Å². The Bertz CT molecular complexity index is 474. The molecule has 1 saturated heterocycles. The summed E-state index contributed by atoms with van der Waals surface area (Å²) >= 11 is 0. The number of nitro benzene ring substituents is 1. The number of hydrogen-bond donors (Lipinski definition) is 1. The fourth-order valence-corrected chi connectivity index (χ4v) is 2.60. The Labute approximate surface area is 113 Å². The first-order valence-electron chi connectivity index (χ1n) is 6.74. The predicted molar refractivity (Wildman–Crippen MR) is 74.3 cm³/mol. The monoisotopic (exact) mass is 264 g/mol. The van der Waals surface area contributed by atoms with Gasteiger partial charge in [0.2, 0.25) is 0 Å². The van der Waals surface area contributed by atoms with E-state index in [1.165, 1.54) is 6.07 Å². The van der Waals surface area contributed by atoms with Crippen molar-refractivity contribution in [3.05, 3.63) is 33.9 Å². The van der Waals surface area contributed by atoms with Gasteiger partial charge in [-0.05, 0) is 30.9 Å². The molecule has 0 spiro atoms. The molecule has 2 atom stereocenters. The summed E-state index contributed by atoms with van der Waals surface area (Å²) in [7, 11) is 0. The third kappa shape index (κ3) is 2.87. The molecule has 5 nitrogen and oxygen atoms in total. The van der Waals surface area contributed by atoms with Gasteiger partial charge in [-0.15, -0.1) is 0 Å². The first kappa shape index (κ1) is 13.8. The van der Waals surface area contributed by atoms with Crippen molar-refractivity contribution in [1.29, 1.82) is 0 Å². The van der Waals surface area contributed by atoms with Crippen molar-refractivity contribution in [3.8, 4) is 0 Å². The molecule has 1 N–H and O–H groups in total. The topological polar surface area (TPSA) is 66.6 Å². The van der Waals surface area contributed by atoms with Crippen LogP contribution in [0.25, 0.3) is 0 Å². The highest BCUT2D eigenvalue weighted by Crippen LogP contribution is 2.34. The Morgan fingerprint density at radius 3 is 2.84 bits per heavy atom. The number of nitro groups is 1. The highest BCUT2D eigenvalue weighted by atomic mass is 16.6. The molecule has 1 aliphatic rings. The van der Waals surface area contributed by atoms with Gasteiger partial charge in [-0.25, -0.2) is 0 Å². The normalized spacial score (nSPS) is 20.6. The van der Waals surface area contributed by atoms with E-state index in [4.69, 9.17) is 0 Å². The van der Waals surface area contributed by atoms with Crippen LogP contribution in [-0.4, -0.2) is 23.1 Å². The van der Waals surface area contributed by atoms with Crippen molar-refractivity contribution >= 4 is 11.4 Å². The highest BCUT2D eigenvalue weighted by Gasteiger charge is 2.27. The lowest BCUT2D eigenvalue weighted by Gasteiger charge is -2.19. The average Bonchev–Trinajstić information content (AvgIpc) is 2.86. The second kappa shape index (κ2) is 5.57. The minimum absolute atomic E-state index is 0.0927. The predicted octanol–water partition coefficient (Wildman–Crippen LogP) is 2.88. The molecule has 1 heterocycles. The first-order chi connectivity index (χ1) is 9.02. The smallest absolute Gasteiger partial charge is 0.292 e. The summed E-state index contributed by atoms with van der Waals surface area (Å²) in [6, 6.07) is 5.02. The highest BCUT2D eigenvalue weighted by molar-refractivity contribution is 5.65. The summed E-state index contributed by atoms with van der Waals surface area (Å²) < 4.78 is 0. The van der Waals surface area contributed by atoms with E-state index in [0.717, 1.165) is 25.9 Å². The third-order valence-corrected chi connectivity index (χ3v) is 3.88. The van der Waals surface area contributed by atoms with Gasteiger partial charge >= 0.3 is 0 Å². The summed E-state index contributed by atoms with van der Waals surface area (Å²) in [6.07, 6.45) is 1.51. The molecule has 1 aliphatic heterocycles. The van der Waals surface area contributed by atoms with Gasteiger partial charge in [0.1, 0.15) is 5.69 Å². The third-order valence-electron chi connectivity index (χ3n) is 3.88. The maximum Gasteiger partial charge on any atom is 0.292 e. The van der Waals surface area contributed by atoms with Crippen LogP contribution in [0.2, 0.25) is 0 Å². The zero-order valence-electron chi connectivity index (χ0n) is 11.4. The Hall–Kier alpha value is -1.62. The van der Waals surface area contributed by atoms with Crippen molar-refractivity contribution in [3.63, 3.8) is 0 Å². The summed E-state index contributed by atoms with van der Waals surface area (Å²) in [5, 5.41) is 20.7. The van der Waals surface area contributed by atoms with Crippen molar-refractivity contribution < 1.29 is 10.0 Å². The van der Waals surface area contributed by atoms with Crippen molar-refractivity contribution in [2.24, 2.45) is 5.92 Å². The molecular weight excluding hydrogens is 244 g/mol. The van der Waals surface area contributed by atoms with Crippen LogP contribution in [0.4, 0.5) is 11.4 Å². The summed E-state index contributed by atoms with van der Waals surface area (Å²) in [5.41, 5.74) is 1.35. The van der Waals surface area contributed by atoms with Gasteiger partial charge < -0.3 is 10.0 Å². The standard InChI is InChI=1S/C14H20N2O3/c1-3-11-6-7-15(9-11)13-5-4-12(10(2)17)8-14(13)16(18)19/h4-5,8,10-11,17H,3,6-7,9H2,1-2H3/t10-,11?/m0/s1. The van der Waals surface area contributed by atoms with Gasteiger partial charge in [-0.3, -0.25) is 10.1 Å². The maximum atomic E-state index is 11.2. The SMILES string of the molecule is CCC1CCN(c2ccc([C@H](C)O)cc2[N+](=O)[O-])C1. The molecule has 0 radical (unpaired) electrons. The molecule has 1 aromatic rings. The first-order valence-corrected chi connectivity index (χ1v) is 6.74. The molecule has 1 fully saturated rings. The summed E-state index contributed by atoms with van der Waals surface area (Å²) in [6.45, 7) is 5.51. The maximum absolute atomic E-state index is 11.2. The zero-order valence-corrected chi connectivity index (χ0v) is 11.4. The lowest BCUT2D eigenvalue weighted by atomic mass is 10.1. The minimum atomic E-state index is -0.685. The van der Waals surface area contributed by atoms with E-state index >= 15 is 0 Å². The van der Waals surface area contributed by atoms with Gasteiger partial charge in [0.25, 0.3) is 5.69 Å². The van der Waals surface area contributed by atoms with E-state index in [0.29, 0.717) is 17.2 Å². The molecule has 0 bridgehead atoms. The quantitative estimate of drug-likeness (QED) is 0.670. The number of rotatable bonds is 4. The van der Waals surface area contributed by atoms with Gasteiger partial charge in [-0.2, -0.15) is 0 Å². The van der Waals surface area contributed by atoms with Crippen LogP contribution < -0.4 is 4.90 Å². The van der Waals surface area contributed by atoms with E-state index in [2.05, 4.69) is 11.8 Å². The summed E-state index contributed by atoms with van der Waals surface area (Å²) in [4.78, 5) is 12.9. The molecule has 1 unspecified atom stereocenters. The molecular formula is C14H20N2O3. The van der Waals surface area contributed by atoms with Crippen LogP contribution in [0.3, 0.4) is 0 Å². The van der Waals surface area contributed by atoms with E-state index in [1.54, 1.807) is 19.1 Å². The number of benzene rings is 1. The Morgan fingerprint density at radius 1 is 1.58 bits per heavy atom. The zero-order chi connectivity index (χ0) is 14.0. The second-order valence-electron chi connectivity index (χ2n) is 5.19. The number of aliphatic hydroxyl groups is 1. The van der Waals surface area contributed by atoms with E-state index in [-0.39, 0.29) is 10.6 Å². The van der Waals surface area contributed by atoms with Crippen LogP contribution in [0.5, 0.6) is 0 Å². The number of aliphatic hydroxyl groups excluding tert-OH is 1. The summed E-state index contributed by atoms with van der Waals surface area (Å²) in [5.74, 6) is 0.621. The molecule has 104 valence electrons. The van der Waals surface area contributed by atoms with Crippen LogP contribution in [0, 0.1) is 16.0 Å². The van der Waals surface area contributed by atoms with Crippen molar-refractivity contribution in [2.75, 3.05) is 18.0 Å². The fraction of sp³-hybridized carbons (Fsp3) is 0.571. The number of nitrogens with zero attached hydrogens (tertiary/aromatic N) is 2. The van der Waals surface area contributed by atoms with Gasteiger partial charge in [0.05, 0.1) is 11.0 Å². The van der Waals surface area contributed by atoms with Crippen LogP contribution >= 0.6 is 0 Å². The Balaban J connectivity index is 2.32. The molecule has 0 saturated carbocycles. The van der Waals surface area contributed by atoms with E-state index < -0.39 is 6.10 Å². The van der Waals surface area contributed by atoms with E-state index in [1.807, 2.05) is 0 Å². The van der Waals surface area contributed by atoms with Crippen LogP contribution in [0.15, 0.2) is 18.2 Å². The Kier molecular flexibility index (Phi) is 4.04. The molecule has 0 amide bonds. The lowest BCUT2D eigenvalue weighted by molar-refractivity contribution is -0.384. The lowest BCUT2D eigenvalue weighted by Crippen LogP contribution is -2.20. The van der Waals surface area contributed by atoms with Gasteiger partial charge in [0.15, 0.2) is 0 Å². The number of anilines is 1. The Morgan fingerprint density at radius 2 is 2.32 bits per heavy atom. The van der Waals surface area contributed by atoms with E-state index in [9.17, 15) is 15.2 Å². The van der Waals surface area contributed by atoms with Gasteiger partial charge in [0, 0.05) is 19.2 Å². The number of hydrogen-bond acceptors (Lipinski definition) is 4. The van der Waals surface area contributed by atoms with Gasteiger partial charge in [-0.1, -0.05) is 19.4 Å². The largest absolute Gasteiger partial charge is 0.389 e. The average molecular weight is 264 g/mol. The minimum Gasteiger partial charge on any atom is -0.389 e. The van der Waals surface area contributed by atoms with Crippen LogP contribution in [-0.2, 0) is 0 Å². The molecule has 0 aliphatic carbocycles. The molecule has 19 heavy (non-hydrogen) atoms. The molecule has 5 heteroatoms. The second-order valence-corrected chi connectivity index (χ2v) is 5.19. The van der Waals surface area contributed by atoms with Crippen molar-refractivity contribution in [1.82, 2.24) is 0 Å². The van der Waals surface area contributed by atoms with Crippen LogP contribution in [0.1, 0.15) is 38.4 Å². The molecule has 2 rings (SSSR count).